The molecule has 0 radical (unpaired) electrons. The molecule has 2 rings (SSSR count). The van der Waals surface area contributed by atoms with Crippen LogP contribution in [0, 0.1) is 0 Å². The molecule has 0 aromatic heterocycles. The van der Waals surface area contributed by atoms with Gasteiger partial charge in [-0.25, -0.2) is 4.79 Å². The molecule has 0 aliphatic carbocycles. The lowest BCUT2D eigenvalue weighted by Gasteiger charge is -2.29. The summed E-state index contributed by atoms with van der Waals surface area (Å²) >= 11 is 0. The average molecular weight is 293 g/mol. The molecule has 116 valence electrons. The molecule has 1 aliphatic heterocycles. The summed E-state index contributed by atoms with van der Waals surface area (Å²) in [6, 6.07) is 6.02. The number of benzene rings is 1. The molecular formula is C15H23N3O3. The third kappa shape index (κ3) is 4.53. The number of ether oxygens (including phenoxy) is 2. The molecule has 3 N–H and O–H groups in total. The van der Waals surface area contributed by atoms with Gasteiger partial charge >= 0.3 is 6.09 Å². The van der Waals surface area contributed by atoms with Crippen molar-refractivity contribution in [1.82, 2.24) is 5.32 Å². The quantitative estimate of drug-likeness (QED) is 0.795. The summed E-state index contributed by atoms with van der Waals surface area (Å²) < 4.78 is 10.6. The molecule has 1 aliphatic rings. The van der Waals surface area contributed by atoms with Gasteiger partial charge < -0.3 is 20.1 Å². The van der Waals surface area contributed by atoms with Gasteiger partial charge in [-0.15, -0.1) is 0 Å². The van der Waals surface area contributed by atoms with Crippen molar-refractivity contribution in [3.8, 4) is 5.75 Å². The van der Waals surface area contributed by atoms with Gasteiger partial charge in [-0.3, -0.25) is 5.32 Å². The highest BCUT2D eigenvalue weighted by molar-refractivity contribution is 5.87. The van der Waals surface area contributed by atoms with Crippen LogP contribution >= 0.6 is 0 Å². The second-order valence-corrected chi connectivity index (χ2v) is 6.04. The zero-order chi connectivity index (χ0) is 15.5. The number of anilines is 2. The molecule has 1 aromatic rings. The molecule has 0 bridgehead atoms. The first-order chi connectivity index (χ1) is 9.87. The SMILES string of the molecule is COc1cc(NC2CNC2)ccc1NC(=O)OC(C)(C)C. The van der Waals surface area contributed by atoms with Crippen molar-refractivity contribution in [3.05, 3.63) is 18.2 Å². The Morgan fingerprint density at radius 2 is 2.05 bits per heavy atom. The maximum atomic E-state index is 11.8. The van der Waals surface area contributed by atoms with Gasteiger partial charge in [0.05, 0.1) is 18.8 Å². The molecular weight excluding hydrogens is 270 g/mol. The van der Waals surface area contributed by atoms with E-state index >= 15 is 0 Å². The van der Waals surface area contributed by atoms with Crippen molar-refractivity contribution in [1.29, 1.82) is 0 Å². The summed E-state index contributed by atoms with van der Waals surface area (Å²) in [7, 11) is 1.57. The van der Waals surface area contributed by atoms with Crippen molar-refractivity contribution in [2.75, 3.05) is 30.8 Å². The highest BCUT2D eigenvalue weighted by Gasteiger charge is 2.19. The molecule has 0 unspecified atom stereocenters. The molecule has 1 aromatic carbocycles. The zero-order valence-electron chi connectivity index (χ0n) is 12.9. The maximum Gasteiger partial charge on any atom is 0.412 e. The Morgan fingerprint density at radius 1 is 1.33 bits per heavy atom. The van der Waals surface area contributed by atoms with E-state index in [4.69, 9.17) is 9.47 Å². The van der Waals surface area contributed by atoms with E-state index in [9.17, 15) is 4.79 Å². The van der Waals surface area contributed by atoms with E-state index in [-0.39, 0.29) is 0 Å². The Balaban J connectivity index is 2.03. The number of amides is 1. The van der Waals surface area contributed by atoms with Crippen LogP contribution in [0.25, 0.3) is 0 Å². The fourth-order valence-corrected chi connectivity index (χ4v) is 1.92. The van der Waals surface area contributed by atoms with Gasteiger partial charge in [0.15, 0.2) is 0 Å². The van der Waals surface area contributed by atoms with E-state index in [1.165, 1.54) is 0 Å². The molecule has 0 atom stereocenters. The summed E-state index contributed by atoms with van der Waals surface area (Å²) in [6.45, 7) is 7.39. The predicted molar refractivity (Wildman–Crippen MR) is 83.1 cm³/mol. The molecule has 1 amide bonds. The van der Waals surface area contributed by atoms with Crippen molar-refractivity contribution in [2.45, 2.75) is 32.4 Å². The largest absolute Gasteiger partial charge is 0.494 e. The summed E-state index contributed by atoms with van der Waals surface area (Å²) in [6.07, 6.45) is -0.496. The Kier molecular flexibility index (Phi) is 4.57. The lowest BCUT2D eigenvalue weighted by atomic mass is 10.1. The fraction of sp³-hybridized carbons (Fsp3) is 0.533. The number of carbonyl (C=O) groups excluding carboxylic acids is 1. The van der Waals surface area contributed by atoms with E-state index in [1.807, 2.05) is 32.9 Å². The standard InChI is InChI=1S/C15H23N3O3/c1-15(2,3)21-14(19)18-12-6-5-10(7-13(12)20-4)17-11-8-16-9-11/h5-7,11,16-17H,8-9H2,1-4H3,(H,18,19). The van der Waals surface area contributed by atoms with Gasteiger partial charge in [0.25, 0.3) is 0 Å². The van der Waals surface area contributed by atoms with E-state index in [0.717, 1.165) is 18.8 Å². The Bertz CT molecular complexity index is 507. The number of carbonyl (C=O) groups is 1. The lowest BCUT2D eigenvalue weighted by molar-refractivity contribution is 0.0635. The van der Waals surface area contributed by atoms with Crippen LogP contribution in [0.15, 0.2) is 18.2 Å². The van der Waals surface area contributed by atoms with E-state index in [1.54, 1.807) is 13.2 Å². The highest BCUT2D eigenvalue weighted by Crippen LogP contribution is 2.29. The minimum Gasteiger partial charge on any atom is -0.494 e. The van der Waals surface area contributed by atoms with Gasteiger partial charge in [0.1, 0.15) is 11.4 Å². The second-order valence-electron chi connectivity index (χ2n) is 6.04. The van der Waals surface area contributed by atoms with Crippen LogP contribution in [0.3, 0.4) is 0 Å². The summed E-state index contributed by atoms with van der Waals surface area (Å²) in [5.74, 6) is 0.596. The van der Waals surface area contributed by atoms with E-state index < -0.39 is 11.7 Å². The molecule has 0 saturated carbocycles. The second kappa shape index (κ2) is 6.22. The number of methoxy groups -OCH3 is 1. The van der Waals surface area contributed by atoms with Crippen molar-refractivity contribution < 1.29 is 14.3 Å². The van der Waals surface area contributed by atoms with Crippen LogP contribution in [0.4, 0.5) is 16.2 Å². The lowest BCUT2D eigenvalue weighted by Crippen LogP contribution is -2.51. The minimum atomic E-state index is -0.532. The molecule has 1 fully saturated rings. The van der Waals surface area contributed by atoms with E-state index in [2.05, 4.69) is 16.0 Å². The minimum absolute atomic E-state index is 0.444. The Labute approximate surface area is 125 Å². The first-order valence-corrected chi connectivity index (χ1v) is 7.03. The fourth-order valence-electron chi connectivity index (χ4n) is 1.92. The van der Waals surface area contributed by atoms with Crippen LogP contribution in [0.5, 0.6) is 5.75 Å². The van der Waals surface area contributed by atoms with Crippen molar-refractivity contribution in [2.24, 2.45) is 0 Å². The molecule has 0 spiro atoms. The molecule has 1 saturated heterocycles. The van der Waals surface area contributed by atoms with Crippen molar-refractivity contribution in [3.63, 3.8) is 0 Å². The van der Waals surface area contributed by atoms with Gasteiger partial charge in [-0.2, -0.15) is 0 Å². The Hall–Kier alpha value is -1.95. The highest BCUT2D eigenvalue weighted by atomic mass is 16.6. The summed E-state index contributed by atoms with van der Waals surface area (Å²) in [5, 5.41) is 9.29. The first-order valence-electron chi connectivity index (χ1n) is 7.03. The molecule has 21 heavy (non-hydrogen) atoms. The molecule has 6 heteroatoms. The third-order valence-electron chi connectivity index (χ3n) is 2.99. The third-order valence-corrected chi connectivity index (χ3v) is 2.99. The molecule has 1 heterocycles. The van der Waals surface area contributed by atoms with E-state index in [0.29, 0.717) is 17.5 Å². The summed E-state index contributed by atoms with van der Waals surface area (Å²) in [4.78, 5) is 11.8. The van der Waals surface area contributed by atoms with Crippen LogP contribution in [-0.4, -0.2) is 37.9 Å². The van der Waals surface area contributed by atoms with Crippen LogP contribution in [0.2, 0.25) is 0 Å². The van der Waals surface area contributed by atoms with Crippen LogP contribution < -0.4 is 20.7 Å². The van der Waals surface area contributed by atoms with Crippen molar-refractivity contribution >= 4 is 17.5 Å². The topological polar surface area (TPSA) is 71.6 Å². The Morgan fingerprint density at radius 3 is 2.57 bits per heavy atom. The number of rotatable bonds is 4. The monoisotopic (exact) mass is 293 g/mol. The van der Waals surface area contributed by atoms with Crippen LogP contribution in [-0.2, 0) is 4.74 Å². The zero-order valence-corrected chi connectivity index (χ0v) is 12.9. The molecule has 6 nitrogen and oxygen atoms in total. The smallest absolute Gasteiger partial charge is 0.412 e. The van der Waals surface area contributed by atoms with Gasteiger partial charge in [-0.1, -0.05) is 0 Å². The normalized spacial score (nSPS) is 15.0. The first kappa shape index (κ1) is 15.4. The van der Waals surface area contributed by atoms with Gasteiger partial charge in [-0.05, 0) is 32.9 Å². The summed E-state index contributed by atoms with van der Waals surface area (Å²) in [5.41, 5.74) is 1.02. The average Bonchev–Trinajstić information content (AvgIpc) is 2.33. The van der Waals surface area contributed by atoms with Gasteiger partial charge in [0.2, 0.25) is 0 Å². The van der Waals surface area contributed by atoms with Crippen LogP contribution in [0.1, 0.15) is 20.8 Å². The number of nitrogens with one attached hydrogen (secondary N) is 3. The number of hydrogen-bond acceptors (Lipinski definition) is 5. The van der Waals surface area contributed by atoms with Gasteiger partial charge in [0, 0.05) is 24.8 Å². The maximum absolute atomic E-state index is 11.8. The predicted octanol–water partition coefficient (Wildman–Crippen LogP) is 2.43. The number of hydrogen-bond donors (Lipinski definition) is 3.